The zero-order valence-electron chi connectivity index (χ0n) is 18.2. The fraction of sp³-hybridized carbons (Fsp3) is 0.429. The molecular formula is C21H27N3O8. The highest BCUT2D eigenvalue weighted by molar-refractivity contribution is 5.94. The number of esters is 1. The lowest BCUT2D eigenvalue weighted by atomic mass is 10.0. The molecule has 0 heterocycles. The van der Waals surface area contributed by atoms with E-state index in [0.29, 0.717) is 4.90 Å². The Morgan fingerprint density at radius 3 is 2.25 bits per heavy atom. The Labute approximate surface area is 185 Å². The van der Waals surface area contributed by atoms with E-state index in [9.17, 15) is 29.4 Å². The smallest absolute Gasteiger partial charge is 0.408 e. The number of rotatable bonds is 8. The third-order valence-corrected chi connectivity index (χ3v) is 3.90. The van der Waals surface area contributed by atoms with E-state index >= 15 is 0 Å². The highest BCUT2D eigenvalue weighted by atomic mass is 16.6. The molecule has 174 valence electrons. The Kier molecular flexibility index (Phi) is 9.49. The average molecular weight is 449 g/mol. The maximum atomic E-state index is 13.0. The second-order valence-electron chi connectivity index (χ2n) is 7.51. The van der Waals surface area contributed by atoms with Crippen molar-refractivity contribution in [3.8, 4) is 18.2 Å². The summed E-state index contributed by atoms with van der Waals surface area (Å²) in [5.41, 5.74) is -0.660. The van der Waals surface area contributed by atoms with Gasteiger partial charge in [-0.05, 0) is 38.5 Å². The number of aliphatic hydroxyl groups is 1. The Bertz CT molecular complexity index is 871. The van der Waals surface area contributed by atoms with Gasteiger partial charge in [-0.3, -0.25) is 19.3 Å². The number of carbonyl (C=O) groups excluding carboxylic acids is 4. The van der Waals surface area contributed by atoms with E-state index < -0.39 is 54.7 Å². The Morgan fingerprint density at radius 2 is 1.78 bits per heavy atom. The van der Waals surface area contributed by atoms with E-state index in [1.165, 1.54) is 24.3 Å². The number of aromatic hydroxyl groups is 1. The molecule has 0 bridgehead atoms. The lowest BCUT2D eigenvalue weighted by Gasteiger charge is -2.29. The van der Waals surface area contributed by atoms with Crippen molar-refractivity contribution in [2.75, 3.05) is 20.3 Å². The number of amides is 3. The molecule has 0 radical (unpaired) electrons. The molecular weight excluding hydrogens is 422 g/mol. The number of phenols is 1. The molecule has 0 aliphatic heterocycles. The lowest BCUT2D eigenvalue weighted by Crippen LogP contribution is -2.53. The third-order valence-electron chi connectivity index (χ3n) is 3.90. The highest BCUT2D eigenvalue weighted by Gasteiger charge is 2.35. The lowest BCUT2D eigenvalue weighted by molar-refractivity contribution is -0.143. The van der Waals surface area contributed by atoms with Crippen LogP contribution in [-0.2, 0) is 23.9 Å². The zero-order valence-corrected chi connectivity index (χ0v) is 18.2. The summed E-state index contributed by atoms with van der Waals surface area (Å²) in [4.78, 5) is 49.9. The molecule has 0 fully saturated rings. The second-order valence-corrected chi connectivity index (χ2v) is 7.51. The number of nitrogens with zero attached hydrogens (tertiary/aromatic N) is 1. The molecule has 11 nitrogen and oxygen atoms in total. The van der Waals surface area contributed by atoms with Gasteiger partial charge in [0.25, 0.3) is 5.91 Å². The van der Waals surface area contributed by atoms with Gasteiger partial charge in [0.15, 0.2) is 0 Å². The topological polar surface area (TPSA) is 154 Å². The van der Waals surface area contributed by atoms with Gasteiger partial charge in [-0.25, -0.2) is 4.79 Å². The predicted octanol–water partition coefficient (Wildman–Crippen LogP) is 0.0274. The largest absolute Gasteiger partial charge is 0.508 e. The molecule has 0 saturated heterocycles. The van der Waals surface area contributed by atoms with Crippen LogP contribution in [0.2, 0.25) is 0 Å². The van der Waals surface area contributed by atoms with Crippen LogP contribution < -0.4 is 10.6 Å². The van der Waals surface area contributed by atoms with Crippen molar-refractivity contribution in [1.29, 1.82) is 0 Å². The predicted molar refractivity (Wildman–Crippen MR) is 112 cm³/mol. The minimum absolute atomic E-state index is 0.0964. The van der Waals surface area contributed by atoms with Crippen molar-refractivity contribution in [2.24, 2.45) is 0 Å². The van der Waals surface area contributed by atoms with Crippen molar-refractivity contribution in [3.05, 3.63) is 29.8 Å². The van der Waals surface area contributed by atoms with Crippen molar-refractivity contribution in [1.82, 2.24) is 15.5 Å². The Morgan fingerprint density at radius 1 is 1.19 bits per heavy atom. The number of terminal acetylenes is 1. The maximum Gasteiger partial charge on any atom is 0.408 e. The molecule has 1 rings (SSSR count). The maximum absolute atomic E-state index is 13.0. The number of hydrogen-bond acceptors (Lipinski definition) is 8. The van der Waals surface area contributed by atoms with Gasteiger partial charge in [0.1, 0.15) is 30.0 Å². The number of ether oxygens (including phenoxy) is 2. The fourth-order valence-corrected chi connectivity index (χ4v) is 2.47. The van der Waals surface area contributed by atoms with E-state index in [-0.39, 0.29) is 11.3 Å². The highest BCUT2D eigenvalue weighted by Crippen LogP contribution is 2.24. The molecule has 2 unspecified atom stereocenters. The first kappa shape index (κ1) is 26.3. The van der Waals surface area contributed by atoms with Gasteiger partial charge in [0, 0.05) is 6.04 Å². The molecule has 1 aromatic carbocycles. The van der Waals surface area contributed by atoms with Crippen molar-refractivity contribution in [2.45, 2.75) is 38.5 Å². The van der Waals surface area contributed by atoms with Crippen molar-refractivity contribution in [3.63, 3.8) is 0 Å². The van der Waals surface area contributed by atoms with Crippen LogP contribution in [0.3, 0.4) is 0 Å². The molecule has 32 heavy (non-hydrogen) atoms. The quantitative estimate of drug-likeness (QED) is 0.246. The Hall–Kier alpha value is -3.78. The first-order valence-corrected chi connectivity index (χ1v) is 9.46. The molecule has 2 atom stereocenters. The van der Waals surface area contributed by atoms with E-state index in [1.807, 2.05) is 0 Å². The normalized spacial score (nSPS) is 12.5. The summed E-state index contributed by atoms with van der Waals surface area (Å²) in [5, 5.41) is 23.7. The standard InChI is InChI=1S/C21H27N3O8/c1-6-24(19(29)15(12-25)23-20(30)32-21(2,3)4)17(13-7-9-14(26)10-8-13)18(28)22-11-16(27)31-5/h1,7-10,15,17,25-26H,11-12H2,2-5H3,(H,22,28)(H,23,30). The number of benzene rings is 1. The van der Waals surface area contributed by atoms with Gasteiger partial charge in [-0.15, -0.1) is 0 Å². The van der Waals surface area contributed by atoms with Crippen LogP contribution in [0, 0.1) is 12.5 Å². The molecule has 0 aromatic heterocycles. The molecule has 0 aliphatic rings. The van der Waals surface area contributed by atoms with Crippen molar-refractivity contribution < 1.29 is 38.9 Å². The van der Waals surface area contributed by atoms with Crippen LogP contribution in [0.15, 0.2) is 24.3 Å². The zero-order chi connectivity index (χ0) is 24.5. The monoisotopic (exact) mass is 449 g/mol. The fourth-order valence-electron chi connectivity index (χ4n) is 2.47. The molecule has 0 spiro atoms. The summed E-state index contributed by atoms with van der Waals surface area (Å²) >= 11 is 0. The molecule has 4 N–H and O–H groups in total. The second kappa shape index (κ2) is 11.6. The number of carbonyl (C=O) groups is 4. The van der Waals surface area contributed by atoms with Crippen LogP contribution in [0.4, 0.5) is 4.79 Å². The molecule has 1 aromatic rings. The van der Waals surface area contributed by atoms with Crippen LogP contribution >= 0.6 is 0 Å². The first-order chi connectivity index (χ1) is 14.9. The molecule has 0 aliphatic carbocycles. The first-order valence-electron chi connectivity index (χ1n) is 9.46. The molecule has 0 saturated carbocycles. The minimum Gasteiger partial charge on any atom is -0.508 e. The van der Waals surface area contributed by atoms with Gasteiger partial charge in [-0.1, -0.05) is 18.6 Å². The van der Waals surface area contributed by atoms with E-state index in [1.54, 1.807) is 20.8 Å². The molecule has 3 amide bonds. The third kappa shape index (κ3) is 7.81. The van der Waals surface area contributed by atoms with Gasteiger partial charge < -0.3 is 30.3 Å². The van der Waals surface area contributed by atoms with Crippen LogP contribution in [0.1, 0.15) is 32.4 Å². The SMILES string of the molecule is C#CN(C(=O)C(CO)NC(=O)OC(C)(C)C)C(C(=O)NCC(=O)OC)c1ccc(O)cc1. The average Bonchev–Trinajstić information content (AvgIpc) is 2.72. The van der Waals surface area contributed by atoms with Crippen molar-refractivity contribution >= 4 is 23.9 Å². The van der Waals surface area contributed by atoms with Crippen LogP contribution in [0.5, 0.6) is 5.75 Å². The van der Waals surface area contributed by atoms with Gasteiger partial charge in [-0.2, -0.15) is 0 Å². The number of nitrogens with one attached hydrogen (secondary N) is 2. The van der Waals surface area contributed by atoms with E-state index in [0.717, 1.165) is 7.11 Å². The van der Waals surface area contributed by atoms with E-state index in [2.05, 4.69) is 21.4 Å². The number of aliphatic hydroxyl groups excluding tert-OH is 1. The summed E-state index contributed by atoms with van der Waals surface area (Å²) in [6, 6.07) is 4.36. The summed E-state index contributed by atoms with van der Waals surface area (Å²) in [6.07, 6.45) is 4.52. The summed E-state index contributed by atoms with van der Waals surface area (Å²) in [7, 11) is 1.14. The summed E-state index contributed by atoms with van der Waals surface area (Å²) in [5.74, 6) is -2.64. The van der Waals surface area contributed by atoms with Crippen LogP contribution in [0.25, 0.3) is 0 Å². The van der Waals surface area contributed by atoms with Gasteiger partial charge >= 0.3 is 12.1 Å². The van der Waals surface area contributed by atoms with Gasteiger partial charge in [0.05, 0.1) is 13.7 Å². The number of methoxy groups -OCH3 is 1. The summed E-state index contributed by atoms with van der Waals surface area (Å²) in [6.45, 7) is 3.52. The number of hydrogen-bond donors (Lipinski definition) is 4. The van der Waals surface area contributed by atoms with Crippen LogP contribution in [-0.4, -0.2) is 70.9 Å². The summed E-state index contributed by atoms with van der Waals surface area (Å²) < 4.78 is 9.55. The number of phenolic OH excluding ortho intramolecular Hbond substituents is 1. The van der Waals surface area contributed by atoms with E-state index in [4.69, 9.17) is 11.2 Å². The Balaban J connectivity index is 3.22. The minimum atomic E-state index is -1.52. The molecule has 11 heteroatoms. The van der Waals surface area contributed by atoms with Gasteiger partial charge in [0.2, 0.25) is 5.91 Å². The number of alkyl carbamates (subject to hydrolysis) is 1.